The first-order chi connectivity index (χ1) is 12.6. The molecule has 0 spiro atoms. The number of aromatic carboxylic acids is 1. The van der Waals surface area contributed by atoms with Crippen LogP contribution in [0.4, 0.5) is 5.69 Å². The van der Waals surface area contributed by atoms with E-state index in [0.29, 0.717) is 11.5 Å². The van der Waals surface area contributed by atoms with Crippen molar-refractivity contribution >= 4 is 11.7 Å². The van der Waals surface area contributed by atoms with E-state index >= 15 is 0 Å². The Hall–Kier alpha value is -1.63. The second-order valence-electron chi connectivity index (χ2n) is 7.78. The minimum Gasteiger partial charge on any atom is -0.478 e. The van der Waals surface area contributed by atoms with Crippen molar-refractivity contribution in [1.82, 2.24) is 9.91 Å². The molecule has 2 unspecified atom stereocenters. The number of piperidine rings is 1. The molecule has 1 aromatic rings. The van der Waals surface area contributed by atoms with Gasteiger partial charge in [0.2, 0.25) is 0 Å². The summed E-state index contributed by atoms with van der Waals surface area (Å²) in [5.41, 5.74) is 2.49. The maximum Gasteiger partial charge on any atom is 0.337 e. The number of hydrogen-bond donors (Lipinski definition) is 1. The summed E-state index contributed by atoms with van der Waals surface area (Å²) in [5, 5.41) is 14.2. The SMILES string of the molecule is CCN1Cc2cccc(C(=O)O)c2N1CC1C2CN(CCCOC)CC21. The number of para-hydroxylation sites is 1. The first kappa shape index (κ1) is 17.8. The lowest BCUT2D eigenvalue weighted by atomic mass is 10.1. The molecule has 1 saturated carbocycles. The van der Waals surface area contributed by atoms with Crippen molar-refractivity contribution in [2.45, 2.75) is 19.9 Å². The molecule has 6 nitrogen and oxygen atoms in total. The van der Waals surface area contributed by atoms with Gasteiger partial charge in [0.15, 0.2) is 0 Å². The molecule has 1 N–H and O–H groups in total. The summed E-state index contributed by atoms with van der Waals surface area (Å²) in [6, 6.07) is 5.66. The Kier molecular flexibility index (Phi) is 4.90. The molecule has 3 aliphatic rings. The summed E-state index contributed by atoms with van der Waals surface area (Å²) in [6.07, 6.45) is 1.10. The number of nitrogens with zero attached hydrogens (tertiary/aromatic N) is 3. The predicted octanol–water partition coefficient (Wildman–Crippen LogP) is 2.16. The van der Waals surface area contributed by atoms with E-state index in [1.54, 1.807) is 13.2 Å². The Bertz CT molecular complexity index is 668. The Balaban J connectivity index is 1.42. The Morgan fingerprint density at radius 1 is 1.31 bits per heavy atom. The van der Waals surface area contributed by atoms with Crippen molar-refractivity contribution in [3.05, 3.63) is 29.3 Å². The zero-order valence-corrected chi connectivity index (χ0v) is 15.7. The number of methoxy groups -OCH3 is 1. The van der Waals surface area contributed by atoms with Gasteiger partial charge >= 0.3 is 5.97 Å². The number of hydrogen-bond acceptors (Lipinski definition) is 5. The molecule has 2 fully saturated rings. The first-order valence-electron chi connectivity index (χ1n) is 9.73. The number of likely N-dealkylation sites (tertiary alicyclic amines) is 1. The van der Waals surface area contributed by atoms with E-state index in [2.05, 4.69) is 27.9 Å². The van der Waals surface area contributed by atoms with Crippen molar-refractivity contribution in [2.24, 2.45) is 17.8 Å². The highest BCUT2D eigenvalue weighted by Gasteiger charge is 2.56. The van der Waals surface area contributed by atoms with Gasteiger partial charge in [-0.15, -0.1) is 0 Å². The average molecular weight is 359 g/mol. The Morgan fingerprint density at radius 3 is 2.73 bits per heavy atom. The number of carboxylic acid groups (broad SMARTS) is 1. The van der Waals surface area contributed by atoms with Crippen LogP contribution in [0.2, 0.25) is 0 Å². The molecule has 0 aromatic heterocycles. The topological polar surface area (TPSA) is 56.3 Å². The van der Waals surface area contributed by atoms with Crippen LogP contribution in [0.1, 0.15) is 29.3 Å². The van der Waals surface area contributed by atoms with Crippen LogP contribution >= 0.6 is 0 Å². The maximum absolute atomic E-state index is 11.7. The van der Waals surface area contributed by atoms with Crippen LogP contribution in [0.3, 0.4) is 0 Å². The molecule has 1 aliphatic carbocycles. The average Bonchev–Trinajstić information content (AvgIpc) is 2.98. The molecule has 1 saturated heterocycles. The second kappa shape index (κ2) is 7.18. The van der Waals surface area contributed by atoms with E-state index in [-0.39, 0.29) is 0 Å². The van der Waals surface area contributed by atoms with Gasteiger partial charge in [0.05, 0.1) is 11.3 Å². The monoisotopic (exact) mass is 359 g/mol. The first-order valence-corrected chi connectivity index (χ1v) is 9.73. The van der Waals surface area contributed by atoms with Crippen LogP contribution in [0.15, 0.2) is 18.2 Å². The second-order valence-corrected chi connectivity index (χ2v) is 7.78. The summed E-state index contributed by atoms with van der Waals surface area (Å²) < 4.78 is 5.15. The van der Waals surface area contributed by atoms with Crippen molar-refractivity contribution in [1.29, 1.82) is 0 Å². The normalized spacial score (nSPS) is 27.6. The van der Waals surface area contributed by atoms with E-state index < -0.39 is 5.97 Å². The summed E-state index contributed by atoms with van der Waals surface area (Å²) in [6.45, 7) is 9.15. The molecule has 2 atom stereocenters. The van der Waals surface area contributed by atoms with Gasteiger partial charge < -0.3 is 19.8 Å². The fourth-order valence-electron chi connectivity index (χ4n) is 4.93. The lowest BCUT2D eigenvalue weighted by molar-refractivity contribution is 0.0697. The van der Waals surface area contributed by atoms with Crippen LogP contribution in [0.25, 0.3) is 0 Å². The van der Waals surface area contributed by atoms with Gasteiger partial charge in [-0.05, 0) is 35.8 Å². The van der Waals surface area contributed by atoms with Crippen LogP contribution < -0.4 is 5.01 Å². The summed E-state index contributed by atoms with van der Waals surface area (Å²) in [4.78, 5) is 14.3. The molecule has 2 aliphatic heterocycles. The van der Waals surface area contributed by atoms with E-state index in [9.17, 15) is 9.90 Å². The number of carboxylic acids is 1. The molecular weight excluding hydrogens is 330 g/mol. The molecule has 0 radical (unpaired) electrons. The quantitative estimate of drug-likeness (QED) is 0.718. The third-order valence-electron chi connectivity index (χ3n) is 6.32. The van der Waals surface area contributed by atoms with Gasteiger partial charge in [-0.3, -0.25) is 0 Å². The van der Waals surface area contributed by atoms with Crippen molar-refractivity contribution in [3.8, 4) is 0 Å². The third kappa shape index (κ3) is 3.10. The van der Waals surface area contributed by atoms with Gasteiger partial charge in [0.25, 0.3) is 0 Å². The lowest BCUT2D eigenvalue weighted by Crippen LogP contribution is -2.40. The third-order valence-corrected chi connectivity index (χ3v) is 6.32. The smallest absolute Gasteiger partial charge is 0.337 e. The van der Waals surface area contributed by atoms with E-state index in [1.807, 2.05) is 6.07 Å². The van der Waals surface area contributed by atoms with E-state index in [0.717, 1.165) is 62.3 Å². The molecule has 0 amide bonds. The zero-order chi connectivity index (χ0) is 18.3. The number of fused-ring (bicyclic) bond motifs is 2. The van der Waals surface area contributed by atoms with E-state index in [4.69, 9.17) is 4.74 Å². The largest absolute Gasteiger partial charge is 0.478 e. The Labute approximate surface area is 155 Å². The molecule has 1 aromatic carbocycles. The summed E-state index contributed by atoms with van der Waals surface area (Å²) >= 11 is 0. The predicted molar refractivity (Wildman–Crippen MR) is 100 cm³/mol. The summed E-state index contributed by atoms with van der Waals surface area (Å²) in [7, 11) is 1.76. The minimum absolute atomic E-state index is 0.436. The standard InChI is InChI=1S/C20H29N3O3/c1-3-22-10-14-6-4-7-15(20(24)25)19(14)23(22)13-18-16-11-21(12-17(16)18)8-5-9-26-2/h4,6-7,16-18H,3,5,8-13H2,1-2H3,(H,24,25). The minimum atomic E-state index is -0.829. The van der Waals surface area contributed by atoms with E-state index in [1.165, 1.54) is 13.1 Å². The highest BCUT2D eigenvalue weighted by Crippen LogP contribution is 2.53. The Morgan fingerprint density at radius 2 is 2.08 bits per heavy atom. The number of hydrazine groups is 1. The number of carbonyl (C=O) groups is 1. The van der Waals surface area contributed by atoms with Crippen molar-refractivity contribution in [3.63, 3.8) is 0 Å². The van der Waals surface area contributed by atoms with Crippen LogP contribution in [0.5, 0.6) is 0 Å². The van der Waals surface area contributed by atoms with Crippen LogP contribution in [-0.4, -0.2) is 67.4 Å². The van der Waals surface area contributed by atoms with Gasteiger partial charge in [-0.25, -0.2) is 9.80 Å². The number of anilines is 1. The molecule has 2 heterocycles. The molecular formula is C20H29N3O3. The fraction of sp³-hybridized carbons (Fsp3) is 0.650. The highest BCUT2D eigenvalue weighted by molar-refractivity contribution is 5.95. The molecule has 0 bridgehead atoms. The van der Waals surface area contributed by atoms with Crippen LogP contribution in [0, 0.1) is 17.8 Å². The van der Waals surface area contributed by atoms with Crippen molar-refractivity contribution in [2.75, 3.05) is 51.4 Å². The van der Waals surface area contributed by atoms with Gasteiger partial charge in [0.1, 0.15) is 0 Å². The molecule has 6 heteroatoms. The number of ether oxygens (including phenoxy) is 1. The zero-order valence-electron chi connectivity index (χ0n) is 15.7. The number of benzene rings is 1. The maximum atomic E-state index is 11.7. The van der Waals surface area contributed by atoms with Crippen LogP contribution in [-0.2, 0) is 11.3 Å². The van der Waals surface area contributed by atoms with Crippen molar-refractivity contribution < 1.29 is 14.6 Å². The highest BCUT2D eigenvalue weighted by atomic mass is 16.5. The lowest BCUT2D eigenvalue weighted by Gasteiger charge is -2.31. The fourth-order valence-corrected chi connectivity index (χ4v) is 4.93. The number of rotatable bonds is 8. The molecule has 4 rings (SSSR count). The van der Waals surface area contributed by atoms with Gasteiger partial charge in [-0.1, -0.05) is 19.1 Å². The summed E-state index contributed by atoms with van der Waals surface area (Å²) in [5.74, 6) is 1.41. The molecule has 26 heavy (non-hydrogen) atoms. The van der Waals surface area contributed by atoms with Gasteiger partial charge in [0, 0.05) is 53.0 Å². The van der Waals surface area contributed by atoms with Gasteiger partial charge in [-0.2, -0.15) is 0 Å². The molecule has 142 valence electrons.